The zero-order valence-corrected chi connectivity index (χ0v) is 13.9. The van der Waals surface area contributed by atoms with E-state index in [1.54, 1.807) is 34.3 Å². The Morgan fingerprint density at radius 1 is 1.40 bits per heavy atom. The Morgan fingerprint density at radius 3 is 2.80 bits per heavy atom. The van der Waals surface area contributed by atoms with Crippen molar-refractivity contribution < 1.29 is 8.42 Å². The number of benzene rings is 1. The molecule has 114 valence electrons. The van der Waals surface area contributed by atoms with Gasteiger partial charge in [-0.3, -0.25) is 0 Å². The van der Waals surface area contributed by atoms with Crippen LogP contribution >= 0.6 is 24.2 Å². The second kappa shape index (κ2) is 7.66. The molecule has 1 aromatic rings. The molecule has 1 aromatic carbocycles. The molecule has 0 amide bonds. The van der Waals surface area contributed by atoms with Crippen molar-refractivity contribution in [2.24, 2.45) is 5.73 Å². The van der Waals surface area contributed by atoms with Gasteiger partial charge in [-0.05, 0) is 37.3 Å². The number of nitrogens with two attached hydrogens (primary N) is 1. The summed E-state index contributed by atoms with van der Waals surface area (Å²) in [5.74, 6) is 0. The Bertz CT molecular complexity index is 537. The van der Waals surface area contributed by atoms with Crippen molar-refractivity contribution >= 4 is 34.2 Å². The van der Waals surface area contributed by atoms with E-state index < -0.39 is 10.0 Å². The van der Waals surface area contributed by atoms with Crippen LogP contribution in [0.15, 0.2) is 34.1 Å². The third-order valence-corrected chi connectivity index (χ3v) is 6.17. The highest BCUT2D eigenvalue weighted by Crippen LogP contribution is 2.27. The standard InChI is InChI=1S/C13H20N2O2S2.ClH/c1-18-12-6-4-7-13(9-12)19(16,17)15-8-3-2-5-11(15)10-14;/h4,6-7,9,11H,2-3,5,8,10,14H2,1H3;1H. The zero-order valence-electron chi connectivity index (χ0n) is 11.5. The summed E-state index contributed by atoms with van der Waals surface area (Å²) in [4.78, 5) is 1.34. The number of rotatable bonds is 4. The van der Waals surface area contributed by atoms with Crippen molar-refractivity contribution in [2.75, 3.05) is 19.3 Å². The summed E-state index contributed by atoms with van der Waals surface area (Å²) >= 11 is 1.54. The Morgan fingerprint density at radius 2 is 2.15 bits per heavy atom. The highest BCUT2D eigenvalue weighted by atomic mass is 35.5. The Kier molecular flexibility index (Phi) is 6.81. The molecule has 1 unspecified atom stereocenters. The Balaban J connectivity index is 0.00000200. The van der Waals surface area contributed by atoms with Crippen LogP contribution < -0.4 is 5.73 Å². The lowest BCUT2D eigenvalue weighted by Gasteiger charge is -2.33. The van der Waals surface area contributed by atoms with Crippen LogP contribution in [0.4, 0.5) is 0 Å². The summed E-state index contributed by atoms with van der Waals surface area (Å²) in [7, 11) is -3.42. The van der Waals surface area contributed by atoms with Crippen LogP contribution in [0.5, 0.6) is 0 Å². The number of nitrogens with zero attached hydrogens (tertiary/aromatic N) is 1. The van der Waals surface area contributed by atoms with Crippen molar-refractivity contribution in [1.29, 1.82) is 0 Å². The molecule has 7 heteroatoms. The number of sulfonamides is 1. The third-order valence-electron chi connectivity index (χ3n) is 3.49. The number of hydrogen-bond donors (Lipinski definition) is 1. The molecule has 4 nitrogen and oxygen atoms in total. The molecule has 1 aliphatic heterocycles. The summed E-state index contributed by atoms with van der Waals surface area (Å²) in [6, 6.07) is 7.05. The summed E-state index contributed by atoms with van der Waals surface area (Å²) < 4.78 is 27.0. The molecule has 0 bridgehead atoms. The van der Waals surface area contributed by atoms with Crippen LogP contribution in [0.3, 0.4) is 0 Å². The minimum atomic E-state index is -3.42. The Labute approximate surface area is 131 Å². The molecule has 1 aliphatic rings. The van der Waals surface area contributed by atoms with E-state index in [4.69, 9.17) is 5.73 Å². The van der Waals surface area contributed by atoms with E-state index in [-0.39, 0.29) is 18.4 Å². The molecular formula is C13H21ClN2O2S2. The molecule has 0 aromatic heterocycles. The van der Waals surface area contributed by atoms with E-state index in [2.05, 4.69) is 0 Å². The van der Waals surface area contributed by atoms with Crippen molar-refractivity contribution in [3.8, 4) is 0 Å². The van der Waals surface area contributed by atoms with Crippen LogP contribution in [-0.2, 0) is 10.0 Å². The maximum absolute atomic E-state index is 12.7. The van der Waals surface area contributed by atoms with Gasteiger partial charge in [-0.1, -0.05) is 12.5 Å². The van der Waals surface area contributed by atoms with Gasteiger partial charge in [-0.25, -0.2) is 8.42 Å². The quantitative estimate of drug-likeness (QED) is 0.857. The van der Waals surface area contributed by atoms with Crippen molar-refractivity contribution in [1.82, 2.24) is 4.31 Å². The second-order valence-electron chi connectivity index (χ2n) is 4.68. The van der Waals surface area contributed by atoms with Gasteiger partial charge < -0.3 is 5.73 Å². The molecule has 0 aliphatic carbocycles. The molecule has 1 fully saturated rings. The fraction of sp³-hybridized carbons (Fsp3) is 0.538. The maximum Gasteiger partial charge on any atom is 0.243 e. The largest absolute Gasteiger partial charge is 0.329 e. The summed E-state index contributed by atoms with van der Waals surface area (Å²) in [6.45, 7) is 0.967. The van der Waals surface area contributed by atoms with Gasteiger partial charge in [0.25, 0.3) is 0 Å². The average molecular weight is 337 g/mol. The van der Waals surface area contributed by atoms with Gasteiger partial charge in [0.15, 0.2) is 0 Å². The fourth-order valence-corrected chi connectivity index (χ4v) is 4.71. The molecule has 0 radical (unpaired) electrons. The van der Waals surface area contributed by atoms with E-state index in [0.29, 0.717) is 18.0 Å². The number of halogens is 1. The first kappa shape index (κ1) is 17.8. The molecule has 2 N–H and O–H groups in total. The van der Waals surface area contributed by atoms with E-state index in [0.717, 1.165) is 24.2 Å². The van der Waals surface area contributed by atoms with Crippen molar-refractivity contribution in [2.45, 2.75) is 35.1 Å². The predicted molar refractivity (Wildman–Crippen MR) is 86.1 cm³/mol. The first-order valence-corrected chi connectivity index (χ1v) is 9.12. The van der Waals surface area contributed by atoms with E-state index in [1.165, 1.54) is 0 Å². The van der Waals surface area contributed by atoms with Crippen LogP contribution in [-0.4, -0.2) is 38.1 Å². The highest BCUT2D eigenvalue weighted by molar-refractivity contribution is 7.98. The molecule has 20 heavy (non-hydrogen) atoms. The molecular weight excluding hydrogens is 316 g/mol. The fourth-order valence-electron chi connectivity index (χ4n) is 2.42. The normalized spacial score (nSPS) is 20.4. The van der Waals surface area contributed by atoms with Gasteiger partial charge in [0, 0.05) is 24.0 Å². The third kappa shape index (κ3) is 3.68. The summed E-state index contributed by atoms with van der Waals surface area (Å²) in [6.07, 6.45) is 4.77. The molecule has 1 atom stereocenters. The van der Waals surface area contributed by atoms with Gasteiger partial charge in [-0.2, -0.15) is 4.31 Å². The molecule has 0 saturated carbocycles. The monoisotopic (exact) mass is 336 g/mol. The average Bonchev–Trinajstić information content (AvgIpc) is 2.47. The molecule has 2 rings (SSSR count). The van der Waals surface area contributed by atoms with Gasteiger partial charge in [0.05, 0.1) is 4.90 Å². The molecule has 1 heterocycles. The van der Waals surface area contributed by atoms with Crippen LogP contribution in [0.1, 0.15) is 19.3 Å². The summed E-state index contributed by atoms with van der Waals surface area (Å²) in [5, 5.41) is 0. The van der Waals surface area contributed by atoms with Crippen molar-refractivity contribution in [3.05, 3.63) is 24.3 Å². The van der Waals surface area contributed by atoms with Gasteiger partial charge in [0.1, 0.15) is 0 Å². The van der Waals surface area contributed by atoms with Crippen LogP contribution in [0.2, 0.25) is 0 Å². The van der Waals surface area contributed by atoms with Gasteiger partial charge in [-0.15, -0.1) is 24.2 Å². The van der Waals surface area contributed by atoms with Crippen LogP contribution in [0.25, 0.3) is 0 Å². The van der Waals surface area contributed by atoms with E-state index in [9.17, 15) is 8.42 Å². The molecule has 1 saturated heterocycles. The van der Waals surface area contributed by atoms with Gasteiger partial charge >= 0.3 is 0 Å². The number of thioether (sulfide) groups is 1. The minimum absolute atomic E-state index is 0. The zero-order chi connectivity index (χ0) is 13.9. The molecule has 0 spiro atoms. The minimum Gasteiger partial charge on any atom is -0.329 e. The smallest absolute Gasteiger partial charge is 0.243 e. The topological polar surface area (TPSA) is 63.4 Å². The highest BCUT2D eigenvalue weighted by Gasteiger charge is 2.32. The summed E-state index contributed by atoms with van der Waals surface area (Å²) in [5.41, 5.74) is 5.71. The first-order valence-electron chi connectivity index (χ1n) is 6.45. The number of hydrogen-bond acceptors (Lipinski definition) is 4. The Hall–Kier alpha value is -0.270. The first-order chi connectivity index (χ1) is 9.09. The lowest BCUT2D eigenvalue weighted by atomic mass is 10.1. The SMILES string of the molecule is CSc1cccc(S(=O)(=O)N2CCCCC2CN)c1.Cl. The van der Waals surface area contributed by atoms with Gasteiger partial charge in [0.2, 0.25) is 10.0 Å². The predicted octanol–water partition coefficient (Wildman–Crippen LogP) is 2.33. The van der Waals surface area contributed by atoms with Crippen molar-refractivity contribution in [3.63, 3.8) is 0 Å². The van der Waals surface area contributed by atoms with E-state index in [1.807, 2.05) is 12.3 Å². The second-order valence-corrected chi connectivity index (χ2v) is 7.45. The maximum atomic E-state index is 12.7. The van der Waals surface area contributed by atoms with E-state index >= 15 is 0 Å². The lowest BCUT2D eigenvalue weighted by molar-refractivity contribution is 0.257. The lowest BCUT2D eigenvalue weighted by Crippen LogP contribution is -2.47. The van der Waals surface area contributed by atoms with Crippen LogP contribution in [0, 0.1) is 0 Å². The number of piperidine rings is 1.